The number of rotatable bonds is 5. The molecule has 2 aliphatic rings. The first kappa shape index (κ1) is 16.0. The largest absolute Gasteiger partial charge is 0.396 e. The number of aliphatic hydroxyl groups excluding tert-OH is 1. The highest BCUT2D eigenvalue weighted by atomic mass is 16.3. The van der Waals surface area contributed by atoms with Crippen molar-refractivity contribution in [2.45, 2.75) is 57.7 Å². The van der Waals surface area contributed by atoms with Gasteiger partial charge < -0.3 is 5.11 Å². The van der Waals surface area contributed by atoms with E-state index in [1.165, 1.54) is 43.4 Å². The molecule has 1 saturated heterocycles. The third-order valence-corrected chi connectivity index (χ3v) is 5.36. The Balaban J connectivity index is 1.61. The molecule has 3 nitrogen and oxygen atoms in total. The number of hydrogen-bond donors (Lipinski definition) is 1. The van der Waals surface area contributed by atoms with Crippen molar-refractivity contribution in [2.24, 2.45) is 0 Å². The quantitative estimate of drug-likeness (QED) is 0.906. The number of piperazine rings is 1. The van der Waals surface area contributed by atoms with Gasteiger partial charge >= 0.3 is 0 Å². The molecule has 3 rings (SSSR count). The Labute approximate surface area is 134 Å². The topological polar surface area (TPSA) is 26.7 Å². The number of benzene rings is 1. The summed E-state index contributed by atoms with van der Waals surface area (Å²) >= 11 is 0. The lowest BCUT2D eigenvalue weighted by Gasteiger charge is -2.44. The van der Waals surface area contributed by atoms with E-state index in [-0.39, 0.29) is 0 Å². The van der Waals surface area contributed by atoms with Gasteiger partial charge in [0.05, 0.1) is 0 Å². The monoisotopic (exact) mass is 302 g/mol. The van der Waals surface area contributed by atoms with Crippen molar-refractivity contribution in [1.82, 2.24) is 9.80 Å². The van der Waals surface area contributed by atoms with E-state index in [9.17, 15) is 5.11 Å². The predicted octanol–water partition coefficient (Wildman–Crippen LogP) is 2.81. The van der Waals surface area contributed by atoms with Gasteiger partial charge in [-0.25, -0.2) is 0 Å². The van der Waals surface area contributed by atoms with E-state index < -0.39 is 0 Å². The minimum absolute atomic E-state index is 0.312. The van der Waals surface area contributed by atoms with Crippen molar-refractivity contribution >= 4 is 0 Å². The molecule has 1 aromatic rings. The van der Waals surface area contributed by atoms with Crippen LogP contribution in [0.5, 0.6) is 0 Å². The predicted molar refractivity (Wildman–Crippen MR) is 90.9 cm³/mol. The highest BCUT2D eigenvalue weighted by molar-refractivity contribution is 5.22. The van der Waals surface area contributed by atoms with Gasteiger partial charge in [0.15, 0.2) is 0 Å². The molecular weight excluding hydrogens is 272 g/mol. The Morgan fingerprint density at radius 3 is 2.73 bits per heavy atom. The number of aliphatic hydroxyl groups is 1. The molecule has 1 unspecified atom stereocenters. The van der Waals surface area contributed by atoms with Gasteiger partial charge in [-0.05, 0) is 31.7 Å². The lowest BCUT2D eigenvalue weighted by atomic mass is 10.0. The van der Waals surface area contributed by atoms with E-state index in [4.69, 9.17) is 0 Å². The van der Waals surface area contributed by atoms with Crippen LogP contribution in [0.15, 0.2) is 24.3 Å². The molecule has 1 atom stereocenters. The zero-order chi connectivity index (χ0) is 15.4. The fourth-order valence-corrected chi connectivity index (χ4v) is 4.27. The highest BCUT2D eigenvalue weighted by Crippen LogP contribution is 2.28. The Morgan fingerprint density at radius 1 is 1.18 bits per heavy atom. The standard InChI is InChI=1S/C19H30N2O/c1-16-5-4-6-17(13-16)14-20-10-11-21(18-7-2-3-8-18)19(15-20)9-12-22/h4-6,13,18-19,22H,2-3,7-12,14-15H2,1H3. The van der Waals surface area contributed by atoms with Crippen molar-refractivity contribution in [1.29, 1.82) is 0 Å². The van der Waals surface area contributed by atoms with Crippen LogP contribution in [-0.2, 0) is 6.54 Å². The second-order valence-corrected chi connectivity index (χ2v) is 7.07. The molecular formula is C19H30N2O. The van der Waals surface area contributed by atoms with Gasteiger partial charge in [-0.1, -0.05) is 42.7 Å². The van der Waals surface area contributed by atoms with Gasteiger partial charge in [-0.15, -0.1) is 0 Å². The minimum atomic E-state index is 0.312. The first-order valence-corrected chi connectivity index (χ1v) is 8.91. The molecule has 1 aliphatic heterocycles. The van der Waals surface area contributed by atoms with Crippen LogP contribution in [0, 0.1) is 6.92 Å². The smallest absolute Gasteiger partial charge is 0.0446 e. The molecule has 122 valence electrons. The van der Waals surface area contributed by atoms with Crippen LogP contribution in [0.25, 0.3) is 0 Å². The third kappa shape index (κ3) is 3.89. The summed E-state index contributed by atoms with van der Waals surface area (Å²) in [6, 6.07) is 10.2. The Hall–Kier alpha value is -0.900. The van der Waals surface area contributed by atoms with Crippen LogP contribution < -0.4 is 0 Å². The number of hydrogen-bond acceptors (Lipinski definition) is 3. The highest BCUT2D eigenvalue weighted by Gasteiger charge is 2.32. The maximum Gasteiger partial charge on any atom is 0.0446 e. The minimum Gasteiger partial charge on any atom is -0.396 e. The summed E-state index contributed by atoms with van der Waals surface area (Å²) in [7, 11) is 0. The van der Waals surface area contributed by atoms with Crippen molar-refractivity contribution in [2.75, 3.05) is 26.2 Å². The van der Waals surface area contributed by atoms with E-state index in [1.807, 2.05) is 0 Å². The van der Waals surface area contributed by atoms with E-state index in [0.29, 0.717) is 12.6 Å². The van der Waals surface area contributed by atoms with E-state index >= 15 is 0 Å². The van der Waals surface area contributed by atoms with Gasteiger partial charge in [0, 0.05) is 44.9 Å². The van der Waals surface area contributed by atoms with Crippen molar-refractivity contribution in [3.63, 3.8) is 0 Å². The molecule has 1 aromatic carbocycles. The van der Waals surface area contributed by atoms with Crippen molar-refractivity contribution in [3.05, 3.63) is 35.4 Å². The molecule has 0 spiro atoms. The van der Waals surface area contributed by atoms with E-state index in [1.54, 1.807) is 0 Å². The zero-order valence-electron chi connectivity index (χ0n) is 13.9. The van der Waals surface area contributed by atoms with Crippen molar-refractivity contribution < 1.29 is 5.11 Å². The fourth-order valence-electron chi connectivity index (χ4n) is 4.27. The van der Waals surface area contributed by atoms with Crippen LogP contribution in [-0.4, -0.2) is 53.2 Å². The molecule has 0 aromatic heterocycles. The van der Waals surface area contributed by atoms with E-state index in [0.717, 1.165) is 32.1 Å². The second-order valence-electron chi connectivity index (χ2n) is 7.07. The van der Waals surface area contributed by atoms with Gasteiger partial charge in [0.2, 0.25) is 0 Å². The zero-order valence-corrected chi connectivity index (χ0v) is 13.9. The maximum absolute atomic E-state index is 9.45. The first-order chi connectivity index (χ1) is 10.8. The molecule has 0 bridgehead atoms. The molecule has 1 aliphatic carbocycles. The molecule has 2 fully saturated rings. The van der Waals surface area contributed by atoms with E-state index in [2.05, 4.69) is 41.0 Å². The van der Waals surface area contributed by atoms with Gasteiger partial charge in [0.1, 0.15) is 0 Å². The summed E-state index contributed by atoms with van der Waals surface area (Å²) in [5.41, 5.74) is 2.76. The van der Waals surface area contributed by atoms with Crippen LogP contribution in [0.4, 0.5) is 0 Å². The second kappa shape index (κ2) is 7.58. The number of nitrogens with zero attached hydrogens (tertiary/aromatic N) is 2. The van der Waals surface area contributed by atoms with Crippen molar-refractivity contribution in [3.8, 4) is 0 Å². The summed E-state index contributed by atoms with van der Waals surface area (Å²) in [4.78, 5) is 5.27. The number of aryl methyl sites for hydroxylation is 1. The Kier molecular flexibility index (Phi) is 5.51. The lowest BCUT2D eigenvalue weighted by Crippen LogP contribution is -2.56. The summed E-state index contributed by atoms with van der Waals surface area (Å²) in [5, 5.41) is 9.45. The Bertz CT molecular complexity index is 470. The summed E-state index contributed by atoms with van der Waals surface area (Å²) in [6.07, 6.45) is 6.42. The molecule has 0 amide bonds. The van der Waals surface area contributed by atoms with Crippen LogP contribution in [0.3, 0.4) is 0 Å². The maximum atomic E-state index is 9.45. The van der Waals surface area contributed by atoms with Crippen LogP contribution in [0.2, 0.25) is 0 Å². The van der Waals surface area contributed by atoms with Crippen LogP contribution in [0.1, 0.15) is 43.2 Å². The molecule has 0 radical (unpaired) electrons. The molecule has 1 heterocycles. The first-order valence-electron chi connectivity index (χ1n) is 8.91. The summed E-state index contributed by atoms with van der Waals surface area (Å²) in [5.74, 6) is 0. The summed E-state index contributed by atoms with van der Waals surface area (Å²) < 4.78 is 0. The average molecular weight is 302 g/mol. The molecule has 3 heteroatoms. The van der Waals surface area contributed by atoms with Gasteiger partial charge in [-0.2, -0.15) is 0 Å². The fraction of sp³-hybridized carbons (Fsp3) is 0.684. The third-order valence-electron chi connectivity index (χ3n) is 5.36. The molecule has 22 heavy (non-hydrogen) atoms. The van der Waals surface area contributed by atoms with Gasteiger partial charge in [-0.3, -0.25) is 9.80 Å². The molecule has 1 N–H and O–H groups in total. The Morgan fingerprint density at radius 2 is 2.00 bits per heavy atom. The van der Waals surface area contributed by atoms with Crippen LogP contribution >= 0.6 is 0 Å². The molecule has 1 saturated carbocycles. The summed E-state index contributed by atoms with van der Waals surface area (Å²) in [6.45, 7) is 6.95. The SMILES string of the molecule is Cc1cccc(CN2CCN(C3CCCC3)C(CCO)C2)c1. The average Bonchev–Trinajstić information content (AvgIpc) is 3.02. The normalized spacial score (nSPS) is 24.9. The lowest BCUT2D eigenvalue weighted by molar-refractivity contribution is 0.0267. The van der Waals surface area contributed by atoms with Gasteiger partial charge in [0.25, 0.3) is 0 Å².